The van der Waals surface area contributed by atoms with Crippen molar-refractivity contribution in [1.29, 1.82) is 0 Å². The first-order valence-electron chi connectivity index (χ1n) is 5.42. The molecule has 0 atom stereocenters. The lowest BCUT2D eigenvalue weighted by Crippen LogP contribution is -1.95. The van der Waals surface area contributed by atoms with Crippen molar-refractivity contribution in [1.82, 2.24) is 9.55 Å². The van der Waals surface area contributed by atoms with Gasteiger partial charge < -0.3 is 4.98 Å². The van der Waals surface area contributed by atoms with Crippen LogP contribution in [0.25, 0.3) is 16.7 Å². The van der Waals surface area contributed by atoms with Crippen LogP contribution in [-0.2, 0) is 0 Å². The normalized spacial score (nSPS) is 11.1. The van der Waals surface area contributed by atoms with Crippen LogP contribution in [0.2, 0.25) is 5.02 Å². The average molecular weight is 297 g/mol. The topological polar surface area (TPSA) is 20.7 Å². The number of hydrogen-bond acceptors (Lipinski definition) is 1. The zero-order valence-electron chi connectivity index (χ0n) is 9.45. The molecule has 0 unspecified atom stereocenters. The fourth-order valence-corrected chi connectivity index (χ4v) is 2.54. The number of aromatic nitrogens is 2. The Kier molecular flexibility index (Phi) is 2.88. The van der Waals surface area contributed by atoms with Crippen LogP contribution in [0.3, 0.4) is 0 Å². The Labute approximate surface area is 117 Å². The van der Waals surface area contributed by atoms with E-state index in [1.54, 1.807) is 10.6 Å². The van der Waals surface area contributed by atoms with E-state index >= 15 is 0 Å². The van der Waals surface area contributed by atoms with Gasteiger partial charge in [-0.2, -0.15) is 0 Å². The van der Waals surface area contributed by atoms with Crippen LogP contribution in [-0.4, -0.2) is 9.55 Å². The number of H-pyrrole nitrogens is 1. The van der Waals surface area contributed by atoms with E-state index < -0.39 is 5.82 Å². The van der Waals surface area contributed by atoms with E-state index in [2.05, 4.69) is 4.98 Å². The standard InChI is InChI=1S/C13H7ClF2N2S/c14-9-5-7(15)1-3-11(9)18-12-4-2-8(16)6-10(12)17-13(18)19/h1-6H,(H,17,19). The van der Waals surface area contributed by atoms with Gasteiger partial charge in [-0.05, 0) is 48.6 Å². The van der Waals surface area contributed by atoms with E-state index in [-0.39, 0.29) is 10.8 Å². The van der Waals surface area contributed by atoms with Crippen LogP contribution in [0.15, 0.2) is 36.4 Å². The summed E-state index contributed by atoms with van der Waals surface area (Å²) in [5.74, 6) is -0.785. The maximum absolute atomic E-state index is 13.2. The fraction of sp³-hybridized carbons (Fsp3) is 0. The lowest BCUT2D eigenvalue weighted by Gasteiger charge is -2.07. The Morgan fingerprint density at radius 2 is 1.74 bits per heavy atom. The Morgan fingerprint density at radius 1 is 1.05 bits per heavy atom. The molecule has 0 aliphatic rings. The third-order valence-electron chi connectivity index (χ3n) is 2.79. The highest BCUT2D eigenvalue weighted by Crippen LogP contribution is 2.26. The van der Waals surface area contributed by atoms with Gasteiger partial charge in [-0.25, -0.2) is 8.78 Å². The molecule has 3 rings (SSSR count). The molecular weight excluding hydrogens is 290 g/mol. The third kappa shape index (κ3) is 2.05. The highest BCUT2D eigenvalue weighted by molar-refractivity contribution is 7.71. The molecular formula is C13H7ClF2N2S. The van der Waals surface area contributed by atoms with Crippen molar-refractivity contribution in [2.75, 3.05) is 0 Å². The molecule has 6 heteroatoms. The Bertz CT molecular complexity index is 838. The number of nitrogens with zero attached hydrogens (tertiary/aromatic N) is 1. The molecule has 96 valence electrons. The van der Waals surface area contributed by atoms with Gasteiger partial charge in [0.15, 0.2) is 4.77 Å². The van der Waals surface area contributed by atoms with Crippen LogP contribution < -0.4 is 0 Å². The van der Waals surface area contributed by atoms with Crippen molar-refractivity contribution in [2.24, 2.45) is 0 Å². The molecule has 0 saturated carbocycles. The molecule has 0 saturated heterocycles. The molecule has 3 aromatic rings. The molecule has 2 nitrogen and oxygen atoms in total. The van der Waals surface area contributed by atoms with Crippen molar-refractivity contribution in [3.05, 3.63) is 57.8 Å². The zero-order chi connectivity index (χ0) is 13.6. The molecule has 2 aromatic carbocycles. The maximum Gasteiger partial charge on any atom is 0.182 e. The van der Waals surface area contributed by atoms with Crippen LogP contribution in [0.5, 0.6) is 0 Å². The summed E-state index contributed by atoms with van der Waals surface area (Å²) in [6.45, 7) is 0. The summed E-state index contributed by atoms with van der Waals surface area (Å²) in [6, 6.07) is 8.31. The molecule has 1 aromatic heterocycles. The lowest BCUT2D eigenvalue weighted by molar-refractivity contribution is 0.627. The SMILES string of the molecule is Fc1ccc(-n2c(=S)[nH]c3cc(F)ccc32)c(Cl)c1. The van der Waals surface area contributed by atoms with Gasteiger partial charge in [-0.15, -0.1) is 0 Å². The van der Waals surface area contributed by atoms with Crippen molar-refractivity contribution < 1.29 is 8.78 Å². The van der Waals surface area contributed by atoms with Gasteiger partial charge in [0.05, 0.1) is 21.7 Å². The molecule has 1 heterocycles. The highest BCUT2D eigenvalue weighted by Gasteiger charge is 2.10. The van der Waals surface area contributed by atoms with E-state index in [1.165, 1.54) is 30.3 Å². The number of nitrogens with one attached hydrogen (secondary N) is 1. The van der Waals surface area contributed by atoms with Gasteiger partial charge in [-0.1, -0.05) is 11.6 Å². The van der Waals surface area contributed by atoms with E-state index in [0.717, 1.165) is 0 Å². The van der Waals surface area contributed by atoms with Gasteiger partial charge in [0, 0.05) is 0 Å². The van der Waals surface area contributed by atoms with Crippen molar-refractivity contribution in [3.8, 4) is 5.69 Å². The monoisotopic (exact) mass is 296 g/mol. The van der Waals surface area contributed by atoms with Crippen LogP contribution in [0.1, 0.15) is 0 Å². The lowest BCUT2D eigenvalue weighted by atomic mass is 10.2. The summed E-state index contributed by atoms with van der Waals surface area (Å²) in [5, 5.41) is 0.237. The minimum absolute atomic E-state index is 0.237. The minimum atomic E-state index is -0.425. The van der Waals surface area contributed by atoms with Crippen molar-refractivity contribution >= 4 is 34.9 Å². The number of aromatic amines is 1. The fourth-order valence-electron chi connectivity index (χ4n) is 1.99. The summed E-state index contributed by atoms with van der Waals surface area (Å²) >= 11 is 11.2. The van der Waals surface area contributed by atoms with Crippen LogP contribution in [0, 0.1) is 16.4 Å². The summed E-state index contributed by atoms with van der Waals surface area (Å²) in [5.41, 5.74) is 1.79. The summed E-state index contributed by atoms with van der Waals surface area (Å²) in [7, 11) is 0. The second-order valence-corrected chi connectivity index (χ2v) is 4.82. The van der Waals surface area contributed by atoms with Crippen LogP contribution >= 0.6 is 23.8 Å². The predicted molar refractivity (Wildman–Crippen MR) is 73.4 cm³/mol. The number of hydrogen-bond donors (Lipinski definition) is 1. The number of halogens is 3. The van der Waals surface area contributed by atoms with Crippen LogP contribution in [0.4, 0.5) is 8.78 Å². The molecule has 0 aliphatic carbocycles. The van der Waals surface area contributed by atoms with Gasteiger partial charge in [-0.3, -0.25) is 4.57 Å². The quantitative estimate of drug-likeness (QED) is 0.650. The number of rotatable bonds is 1. The molecule has 0 aliphatic heterocycles. The number of fused-ring (bicyclic) bond motifs is 1. The summed E-state index contributed by atoms with van der Waals surface area (Å²) < 4.78 is 28.3. The first kappa shape index (κ1) is 12.3. The largest absolute Gasteiger partial charge is 0.330 e. The third-order valence-corrected chi connectivity index (χ3v) is 3.38. The Morgan fingerprint density at radius 3 is 2.47 bits per heavy atom. The highest BCUT2D eigenvalue weighted by atomic mass is 35.5. The molecule has 0 spiro atoms. The van der Waals surface area contributed by atoms with Crippen molar-refractivity contribution in [2.45, 2.75) is 0 Å². The molecule has 0 fully saturated rings. The molecule has 0 radical (unpaired) electrons. The zero-order valence-corrected chi connectivity index (χ0v) is 11.0. The van der Waals surface area contributed by atoms with Gasteiger partial charge in [0.2, 0.25) is 0 Å². The van der Waals surface area contributed by atoms with Gasteiger partial charge in [0.1, 0.15) is 11.6 Å². The van der Waals surface area contributed by atoms with E-state index in [4.69, 9.17) is 23.8 Å². The minimum Gasteiger partial charge on any atom is -0.330 e. The second-order valence-electron chi connectivity index (χ2n) is 4.02. The van der Waals surface area contributed by atoms with E-state index in [9.17, 15) is 8.78 Å². The first-order valence-corrected chi connectivity index (χ1v) is 6.20. The van der Waals surface area contributed by atoms with Crippen molar-refractivity contribution in [3.63, 3.8) is 0 Å². The van der Waals surface area contributed by atoms with Gasteiger partial charge in [0.25, 0.3) is 0 Å². The number of benzene rings is 2. The Hall–Kier alpha value is -1.72. The molecule has 1 N–H and O–H groups in total. The molecule has 19 heavy (non-hydrogen) atoms. The molecule has 0 bridgehead atoms. The summed E-state index contributed by atoms with van der Waals surface area (Å²) in [4.78, 5) is 2.89. The summed E-state index contributed by atoms with van der Waals surface area (Å²) in [6.07, 6.45) is 0. The number of imidazole rings is 1. The van der Waals surface area contributed by atoms with Gasteiger partial charge >= 0.3 is 0 Å². The smallest absolute Gasteiger partial charge is 0.182 e. The first-order chi connectivity index (χ1) is 9.06. The Balaban J connectivity index is 2.36. The second kappa shape index (κ2) is 4.43. The van der Waals surface area contributed by atoms with E-state index in [1.807, 2.05) is 0 Å². The maximum atomic E-state index is 13.2. The molecule has 0 amide bonds. The van der Waals surface area contributed by atoms with E-state index in [0.29, 0.717) is 21.5 Å². The average Bonchev–Trinajstić information content (AvgIpc) is 2.65. The predicted octanol–water partition coefficient (Wildman–Crippen LogP) is 4.62.